The fourth-order valence-corrected chi connectivity index (χ4v) is 3.11. The molecule has 0 aromatic heterocycles. The molecule has 0 aliphatic rings. The molecule has 0 spiro atoms. The summed E-state index contributed by atoms with van der Waals surface area (Å²) >= 11 is 0. The van der Waals surface area contributed by atoms with Crippen molar-refractivity contribution < 1.29 is 9.53 Å². The number of nitrogens with one attached hydrogen (secondary N) is 1. The molecule has 1 N–H and O–H groups in total. The Bertz CT molecular complexity index is 1220. The third-order valence-corrected chi connectivity index (χ3v) is 4.69. The third-order valence-electron chi connectivity index (χ3n) is 4.69. The summed E-state index contributed by atoms with van der Waals surface area (Å²) in [5, 5.41) is 6.51. The first-order chi connectivity index (χ1) is 15.3. The van der Waals surface area contributed by atoms with Crippen LogP contribution in [0.4, 0.5) is 0 Å². The number of hydrogen-bond acceptors (Lipinski definition) is 3. The van der Waals surface area contributed by atoms with Gasteiger partial charge < -0.3 is 4.74 Å². The standard InChI is InChI=1S/C27H22N2O2/c30-27(20-31-25-17-16-22-11-7-8-14-24(22)19-25)29-28-26(23-12-5-2-6-13-23)18-15-21-9-3-1-4-10-21/h1-19H,20H2,(H,29,30)/b18-15+,28-26-. The predicted molar refractivity (Wildman–Crippen MR) is 126 cm³/mol. The van der Waals surface area contributed by atoms with Crippen molar-refractivity contribution >= 4 is 28.5 Å². The van der Waals surface area contributed by atoms with Crippen LogP contribution in [-0.4, -0.2) is 18.2 Å². The monoisotopic (exact) mass is 406 g/mol. The molecule has 0 aliphatic carbocycles. The van der Waals surface area contributed by atoms with Crippen LogP contribution < -0.4 is 10.2 Å². The molecule has 0 saturated carbocycles. The minimum absolute atomic E-state index is 0.119. The summed E-state index contributed by atoms with van der Waals surface area (Å²) < 4.78 is 5.64. The van der Waals surface area contributed by atoms with Gasteiger partial charge in [-0.3, -0.25) is 4.79 Å². The molecule has 0 radical (unpaired) electrons. The molecule has 0 heterocycles. The van der Waals surface area contributed by atoms with Gasteiger partial charge in [0.2, 0.25) is 0 Å². The summed E-state index contributed by atoms with van der Waals surface area (Å²) in [6.07, 6.45) is 3.85. The van der Waals surface area contributed by atoms with Gasteiger partial charge in [0, 0.05) is 5.56 Å². The fraction of sp³-hybridized carbons (Fsp3) is 0.0370. The number of hydrogen-bond donors (Lipinski definition) is 1. The highest BCUT2D eigenvalue weighted by atomic mass is 16.5. The van der Waals surface area contributed by atoms with Crippen LogP contribution >= 0.6 is 0 Å². The van der Waals surface area contributed by atoms with Crippen molar-refractivity contribution in [1.29, 1.82) is 0 Å². The smallest absolute Gasteiger partial charge is 0.277 e. The van der Waals surface area contributed by atoms with Gasteiger partial charge in [-0.15, -0.1) is 0 Å². The summed E-state index contributed by atoms with van der Waals surface area (Å²) in [5.41, 5.74) is 5.21. The van der Waals surface area contributed by atoms with Gasteiger partial charge in [0.15, 0.2) is 6.61 Å². The Kier molecular flexibility index (Phi) is 6.51. The van der Waals surface area contributed by atoms with E-state index in [1.54, 1.807) is 0 Å². The number of benzene rings is 4. The predicted octanol–water partition coefficient (Wildman–Crippen LogP) is 5.45. The van der Waals surface area contributed by atoms with Crippen molar-refractivity contribution in [2.45, 2.75) is 0 Å². The van der Waals surface area contributed by atoms with Gasteiger partial charge in [-0.05, 0) is 34.5 Å². The second-order valence-electron chi connectivity index (χ2n) is 6.94. The van der Waals surface area contributed by atoms with Crippen molar-refractivity contribution in [3.05, 3.63) is 120 Å². The quantitative estimate of drug-likeness (QED) is 0.328. The molecule has 4 aromatic rings. The average Bonchev–Trinajstić information content (AvgIpc) is 2.84. The Labute approximate surface area is 181 Å². The second-order valence-corrected chi connectivity index (χ2v) is 6.94. The number of carbonyl (C=O) groups excluding carboxylic acids is 1. The zero-order valence-corrected chi connectivity index (χ0v) is 16.9. The van der Waals surface area contributed by atoms with E-state index in [4.69, 9.17) is 4.74 Å². The minimum Gasteiger partial charge on any atom is -0.484 e. The van der Waals surface area contributed by atoms with E-state index in [0.29, 0.717) is 11.5 Å². The van der Waals surface area contributed by atoms with Gasteiger partial charge in [0.05, 0.1) is 5.71 Å². The molecular formula is C27H22N2O2. The van der Waals surface area contributed by atoms with Crippen molar-refractivity contribution in [1.82, 2.24) is 5.43 Å². The molecule has 0 bridgehead atoms. The van der Waals surface area contributed by atoms with E-state index < -0.39 is 0 Å². The SMILES string of the molecule is O=C(COc1ccc2ccccc2c1)N/N=C(/C=C/c1ccccc1)c1ccccc1. The first kappa shape index (κ1) is 20.1. The van der Waals surface area contributed by atoms with Gasteiger partial charge in [-0.2, -0.15) is 5.10 Å². The maximum Gasteiger partial charge on any atom is 0.277 e. The molecule has 4 nitrogen and oxygen atoms in total. The molecule has 1 amide bonds. The lowest BCUT2D eigenvalue weighted by Crippen LogP contribution is -2.25. The Hall–Kier alpha value is -4.18. The van der Waals surface area contributed by atoms with Crippen LogP contribution in [0.3, 0.4) is 0 Å². The normalized spacial score (nSPS) is 11.5. The highest BCUT2D eigenvalue weighted by molar-refractivity contribution is 6.11. The van der Waals surface area contributed by atoms with E-state index in [1.165, 1.54) is 0 Å². The molecule has 31 heavy (non-hydrogen) atoms. The first-order valence-corrected chi connectivity index (χ1v) is 10.0. The lowest BCUT2D eigenvalue weighted by Gasteiger charge is -2.07. The number of hydrazone groups is 1. The third kappa shape index (κ3) is 5.67. The Morgan fingerprint density at radius 3 is 2.26 bits per heavy atom. The van der Waals surface area contributed by atoms with Gasteiger partial charge in [-0.1, -0.05) is 97.1 Å². The topological polar surface area (TPSA) is 50.7 Å². The van der Waals surface area contributed by atoms with E-state index in [-0.39, 0.29) is 12.5 Å². The summed E-state index contributed by atoms with van der Waals surface area (Å²) in [6.45, 7) is -0.119. The lowest BCUT2D eigenvalue weighted by molar-refractivity contribution is -0.123. The molecule has 0 unspecified atom stereocenters. The van der Waals surface area contributed by atoms with Crippen LogP contribution in [0.15, 0.2) is 114 Å². The number of amides is 1. The largest absolute Gasteiger partial charge is 0.484 e. The van der Waals surface area contributed by atoms with Gasteiger partial charge in [-0.25, -0.2) is 5.43 Å². The Balaban J connectivity index is 1.43. The fourth-order valence-electron chi connectivity index (χ4n) is 3.11. The summed E-state index contributed by atoms with van der Waals surface area (Å²) in [4.78, 5) is 12.3. The van der Waals surface area contributed by atoms with Crippen LogP contribution in [0, 0.1) is 0 Å². The van der Waals surface area contributed by atoms with Gasteiger partial charge in [0.1, 0.15) is 5.75 Å². The highest BCUT2D eigenvalue weighted by Gasteiger charge is 2.05. The maximum absolute atomic E-state index is 12.3. The second kappa shape index (κ2) is 10.0. The molecule has 4 aromatic carbocycles. The lowest BCUT2D eigenvalue weighted by atomic mass is 10.1. The van der Waals surface area contributed by atoms with Crippen LogP contribution in [0.5, 0.6) is 5.75 Å². The van der Waals surface area contributed by atoms with Gasteiger partial charge >= 0.3 is 0 Å². The highest BCUT2D eigenvalue weighted by Crippen LogP contribution is 2.20. The summed E-state index contributed by atoms with van der Waals surface area (Å²) in [7, 11) is 0. The van der Waals surface area contributed by atoms with Crippen LogP contribution in [-0.2, 0) is 4.79 Å². The number of fused-ring (bicyclic) bond motifs is 1. The molecule has 0 atom stereocenters. The Morgan fingerprint density at radius 1 is 0.806 bits per heavy atom. The number of rotatable bonds is 7. The van der Waals surface area contributed by atoms with Gasteiger partial charge in [0.25, 0.3) is 5.91 Å². The zero-order chi connectivity index (χ0) is 21.3. The number of ether oxygens (including phenoxy) is 1. The minimum atomic E-state index is -0.324. The van der Waals surface area contributed by atoms with E-state index in [9.17, 15) is 4.79 Å². The van der Waals surface area contributed by atoms with Crippen LogP contribution in [0.1, 0.15) is 11.1 Å². The summed E-state index contributed by atoms with van der Waals surface area (Å²) in [6, 6.07) is 33.4. The first-order valence-electron chi connectivity index (χ1n) is 10.0. The molecule has 4 rings (SSSR count). The molecular weight excluding hydrogens is 384 g/mol. The molecule has 0 fully saturated rings. The zero-order valence-electron chi connectivity index (χ0n) is 16.9. The molecule has 4 heteroatoms. The number of carbonyl (C=O) groups is 1. The molecule has 0 saturated heterocycles. The van der Waals surface area contributed by atoms with E-state index in [2.05, 4.69) is 10.5 Å². The summed E-state index contributed by atoms with van der Waals surface area (Å²) in [5.74, 6) is 0.319. The van der Waals surface area contributed by atoms with E-state index in [1.807, 2.05) is 115 Å². The van der Waals surface area contributed by atoms with Crippen LogP contribution in [0.2, 0.25) is 0 Å². The van der Waals surface area contributed by atoms with Crippen molar-refractivity contribution in [3.63, 3.8) is 0 Å². The van der Waals surface area contributed by atoms with Crippen LogP contribution in [0.25, 0.3) is 16.8 Å². The van der Waals surface area contributed by atoms with Crippen molar-refractivity contribution in [3.8, 4) is 5.75 Å². The van der Waals surface area contributed by atoms with Crippen molar-refractivity contribution in [2.75, 3.05) is 6.61 Å². The van der Waals surface area contributed by atoms with E-state index >= 15 is 0 Å². The average molecular weight is 406 g/mol. The van der Waals surface area contributed by atoms with Crippen molar-refractivity contribution in [2.24, 2.45) is 5.10 Å². The maximum atomic E-state index is 12.3. The molecule has 0 aliphatic heterocycles. The molecule has 152 valence electrons. The Morgan fingerprint density at radius 2 is 1.48 bits per heavy atom. The number of allylic oxidation sites excluding steroid dienone is 1. The van der Waals surface area contributed by atoms with E-state index in [0.717, 1.165) is 21.9 Å². The number of nitrogens with zero attached hydrogens (tertiary/aromatic N) is 1.